The Morgan fingerprint density at radius 2 is 1.71 bits per heavy atom. The average Bonchev–Trinajstić information content (AvgIpc) is 3.34. The molecular weight excluding hydrogens is 386 g/mol. The molecule has 156 valence electrons. The molecule has 1 N–H and O–H groups in total. The predicted octanol–water partition coefficient (Wildman–Crippen LogP) is 4.57. The summed E-state index contributed by atoms with van der Waals surface area (Å²) in [5.74, 6) is -0.0445. The summed E-state index contributed by atoms with van der Waals surface area (Å²) in [5.41, 5.74) is 4.98. The number of para-hydroxylation sites is 1. The molecule has 4 rings (SSSR count). The first-order valence-corrected chi connectivity index (χ1v) is 10.2. The molecule has 1 heterocycles. The first-order chi connectivity index (χ1) is 15.1. The van der Waals surface area contributed by atoms with Crippen molar-refractivity contribution in [2.75, 3.05) is 18.9 Å². The summed E-state index contributed by atoms with van der Waals surface area (Å²) in [7, 11) is 1.96. The van der Waals surface area contributed by atoms with Gasteiger partial charge in [0.1, 0.15) is 12.7 Å². The maximum absolute atomic E-state index is 12.8. The predicted molar refractivity (Wildman–Crippen MR) is 123 cm³/mol. The molecule has 1 unspecified atom stereocenters. The second-order valence-corrected chi connectivity index (χ2v) is 7.48. The van der Waals surface area contributed by atoms with Crippen molar-refractivity contribution in [3.8, 4) is 16.8 Å². The maximum Gasteiger partial charge on any atom is 0.238 e. The molecule has 0 radical (unpaired) electrons. The molecular formula is C25H25N5O. The van der Waals surface area contributed by atoms with E-state index in [0.29, 0.717) is 0 Å². The van der Waals surface area contributed by atoms with Crippen LogP contribution in [0.2, 0.25) is 0 Å². The fraction of sp³-hybridized carbons (Fsp3) is 0.160. The molecule has 0 saturated carbocycles. The summed E-state index contributed by atoms with van der Waals surface area (Å²) in [6.45, 7) is 2.38. The van der Waals surface area contributed by atoms with E-state index in [-0.39, 0.29) is 18.5 Å². The zero-order valence-corrected chi connectivity index (χ0v) is 17.6. The number of amides is 1. The van der Waals surface area contributed by atoms with Crippen LogP contribution in [0.15, 0.2) is 91.5 Å². The normalized spacial score (nSPS) is 12.0. The van der Waals surface area contributed by atoms with E-state index in [1.165, 1.54) is 6.33 Å². The van der Waals surface area contributed by atoms with Gasteiger partial charge in [0.2, 0.25) is 5.91 Å². The van der Waals surface area contributed by atoms with E-state index < -0.39 is 0 Å². The Bertz CT molecular complexity index is 1120. The number of aromatic nitrogens is 3. The van der Waals surface area contributed by atoms with Gasteiger partial charge in [-0.15, -0.1) is 0 Å². The van der Waals surface area contributed by atoms with Crippen molar-refractivity contribution in [1.29, 1.82) is 0 Å². The fourth-order valence-electron chi connectivity index (χ4n) is 3.52. The number of nitrogens with one attached hydrogen (secondary N) is 1. The van der Waals surface area contributed by atoms with Crippen molar-refractivity contribution in [2.45, 2.75) is 13.0 Å². The third-order valence-electron chi connectivity index (χ3n) is 5.40. The summed E-state index contributed by atoms with van der Waals surface area (Å²) in [6, 6.07) is 26.1. The van der Waals surface area contributed by atoms with Crippen LogP contribution in [0.3, 0.4) is 0 Å². The largest absolute Gasteiger partial charge is 0.324 e. The minimum absolute atomic E-state index is 0.0445. The van der Waals surface area contributed by atoms with Crippen LogP contribution >= 0.6 is 0 Å². The van der Waals surface area contributed by atoms with Crippen molar-refractivity contribution in [2.24, 2.45) is 0 Å². The highest BCUT2D eigenvalue weighted by molar-refractivity contribution is 5.96. The van der Waals surface area contributed by atoms with Gasteiger partial charge in [0.05, 0.1) is 12.2 Å². The second kappa shape index (κ2) is 9.36. The van der Waals surface area contributed by atoms with E-state index in [0.717, 1.165) is 28.1 Å². The SMILES string of the molecule is CC(c1ccc(-n2cncn2)cc1)N(C)CC(=O)Nc1ccccc1-c1ccccc1. The van der Waals surface area contributed by atoms with Gasteiger partial charge in [0, 0.05) is 17.3 Å². The van der Waals surface area contributed by atoms with Gasteiger partial charge in [-0.05, 0) is 43.3 Å². The third-order valence-corrected chi connectivity index (χ3v) is 5.40. The lowest BCUT2D eigenvalue weighted by Gasteiger charge is -2.25. The Labute approximate surface area is 182 Å². The number of nitrogens with zero attached hydrogens (tertiary/aromatic N) is 4. The number of rotatable bonds is 7. The average molecular weight is 412 g/mol. The van der Waals surface area contributed by atoms with E-state index in [1.807, 2.05) is 78.7 Å². The zero-order chi connectivity index (χ0) is 21.6. The van der Waals surface area contributed by atoms with Gasteiger partial charge in [-0.1, -0.05) is 60.7 Å². The third kappa shape index (κ3) is 4.87. The van der Waals surface area contributed by atoms with Crippen molar-refractivity contribution < 1.29 is 4.79 Å². The summed E-state index contributed by atoms with van der Waals surface area (Å²) in [6.07, 6.45) is 3.18. The molecule has 4 aromatic rings. The molecule has 6 heteroatoms. The minimum Gasteiger partial charge on any atom is -0.324 e. The highest BCUT2D eigenvalue weighted by Crippen LogP contribution is 2.27. The molecule has 6 nitrogen and oxygen atoms in total. The second-order valence-electron chi connectivity index (χ2n) is 7.48. The lowest BCUT2D eigenvalue weighted by atomic mass is 10.0. The molecule has 1 aromatic heterocycles. The van der Waals surface area contributed by atoms with E-state index in [4.69, 9.17) is 0 Å². The number of anilines is 1. The van der Waals surface area contributed by atoms with Crippen LogP contribution in [0.5, 0.6) is 0 Å². The van der Waals surface area contributed by atoms with Gasteiger partial charge in [0.15, 0.2) is 0 Å². The van der Waals surface area contributed by atoms with Crippen LogP contribution in [-0.2, 0) is 4.79 Å². The van der Waals surface area contributed by atoms with E-state index in [9.17, 15) is 4.79 Å². The molecule has 0 saturated heterocycles. The molecule has 31 heavy (non-hydrogen) atoms. The Balaban J connectivity index is 1.41. The van der Waals surface area contributed by atoms with Crippen LogP contribution in [0.25, 0.3) is 16.8 Å². The topological polar surface area (TPSA) is 63.1 Å². The summed E-state index contributed by atoms with van der Waals surface area (Å²) < 4.78 is 1.72. The number of hydrogen-bond donors (Lipinski definition) is 1. The standard InChI is InChI=1S/C25H25N5O/c1-19(20-12-14-22(15-13-20)30-18-26-17-27-30)29(2)16-25(31)28-24-11-7-6-10-23(24)21-8-4-3-5-9-21/h3-15,17-19H,16H2,1-2H3,(H,28,31). The van der Waals surface area contributed by atoms with Crippen LogP contribution in [-0.4, -0.2) is 39.2 Å². The maximum atomic E-state index is 12.8. The van der Waals surface area contributed by atoms with Crippen molar-refractivity contribution >= 4 is 11.6 Å². The molecule has 0 spiro atoms. The lowest BCUT2D eigenvalue weighted by molar-refractivity contribution is -0.117. The Morgan fingerprint density at radius 3 is 2.42 bits per heavy atom. The number of carbonyl (C=O) groups excluding carboxylic acids is 1. The van der Waals surface area contributed by atoms with Crippen LogP contribution < -0.4 is 5.32 Å². The molecule has 0 aliphatic carbocycles. The highest BCUT2D eigenvalue weighted by Gasteiger charge is 2.16. The zero-order valence-electron chi connectivity index (χ0n) is 17.6. The van der Waals surface area contributed by atoms with E-state index in [1.54, 1.807) is 11.0 Å². The number of hydrogen-bond acceptors (Lipinski definition) is 4. The molecule has 3 aromatic carbocycles. The smallest absolute Gasteiger partial charge is 0.238 e. The lowest BCUT2D eigenvalue weighted by Crippen LogP contribution is -2.32. The number of benzene rings is 3. The monoisotopic (exact) mass is 411 g/mol. The van der Waals surface area contributed by atoms with Crippen LogP contribution in [0.4, 0.5) is 5.69 Å². The van der Waals surface area contributed by atoms with Gasteiger partial charge in [-0.2, -0.15) is 5.10 Å². The van der Waals surface area contributed by atoms with Crippen molar-refractivity contribution in [3.63, 3.8) is 0 Å². The highest BCUT2D eigenvalue weighted by atomic mass is 16.2. The van der Waals surface area contributed by atoms with Crippen molar-refractivity contribution in [3.05, 3.63) is 97.1 Å². The molecule has 0 aliphatic heterocycles. The van der Waals surface area contributed by atoms with Gasteiger partial charge in [0.25, 0.3) is 0 Å². The van der Waals surface area contributed by atoms with Crippen LogP contribution in [0.1, 0.15) is 18.5 Å². The molecule has 0 aliphatic rings. The number of likely N-dealkylation sites (N-methyl/N-ethyl adjacent to an activating group) is 1. The van der Waals surface area contributed by atoms with E-state index in [2.05, 4.69) is 34.5 Å². The first-order valence-electron chi connectivity index (χ1n) is 10.2. The summed E-state index contributed by atoms with van der Waals surface area (Å²) >= 11 is 0. The Morgan fingerprint density at radius 1 is 1.00 bits per heavy atom. The molecule has 0 fully saturated rings. The van der Waals surface area contributed by atoms with E-state index >= 15 is 0 Å². The Kier molecular flexibility index (Phi) is 6.19. The van der Waals surface area contributed by atoms with Crippen LogP contribution in [0, 0.1) is 0 Å². The summed E-state index contributed by atoms with van der Waals surface area (Å²) in [5, 5.41) is 7.22. The molecule has 1 atom stereocenters. The quantitative estimate of drug-likeness (QED) is 0.484. The van der Waals surface area contributed by atoms with Crippen molar-refractivity contribution in [1.82, 2.24) is 19.7 Å². The van der Waals surface area contributed by atoms with Gasteiger partial charge < -0.3 is 5.32 Å². The Hall–Kier alpha value is -3.77. The fourth-order valence-corrected chi connectivity index (χ4v) is 3.52. The molecule has 1 amide bonds. The van der Waals surface area contributed by atoms with Gasteiger partial charge >= 0.3 is 0 Å². The van der Waals surface area contributed by atoms with Gasteiger partial charge in [-0.25, -0.2) is 9.67 Å². The molecule has 0 bridgehead atoms. The minimum atomic E-state index is -0.0445. The summed E-state index contributed by atoms with van der Waals surface area (Å²) in [4.78, 5) is 18.8. The first kappa shape index (κ1) is 20.5. The van der Waals surface area contributed by atoms with Gasteiger partial charge in [-0.3, -0.25) is 9.69 Å². The number of carbonyl (C=O) groups is 1.